The number of carbonyl (C=O) groups is 3. The Morgan fingerprint density at radius 1 is 0.957 bits per heavy atom. The Labute approximate surface area is 135 Å². The van der Waals surface area contributed by atoms with Crippen LogP contribution in [0.3, 0.4) is 0 Å². The summed E-state index contributed by atoms with van der Waals surface area (Å²) in [7, 11) is 0. The van der Waals surface area contributed by atoms with Gasteiger partial charge in [0, 0.05) is 27.4 Å². The van der Waals surface area contributed by atoms with E-state index in [2.05, 4.69) is 0 Å². The lowest BCUT2D eigenvalue weighted by molar-refractivity contribution is -0.190. The maximum atomic E-state index is 11.3. The number of hydrogen-bond donors (Lipinski definition) is 0. The van der Waals surface area contributed by atoms with Crippen molar-refractivity contribution in [3.8, 4) is 0 Å². The molecule has 1 aliphatic heterocycles. The van der Waals surface area contributed by atoms with Crippen LogP contribution in [0.15, 0.2) is 0 Å². The van der Waals surface area contributed by atoms with Crippen molar-refractivity contribution in [1.82, 2.24) is 0 Å². The predicted molar refractivity (Wildman–Crippen MR) is 77.3 cm³/mol. The molecule has 0 aromatic heterocycles. The molecule has 0 aliphatic carbocycles. The van der Waals surface area contributed by atoms with Crippen molar-refractivity contribution in [2.75, 3.05) is 13.2 Å². The van der Waals surface area contributed by atoms with E-state index in [1.165, 1.54) is 20.8 Å². The third-order valence-electron chi connectivity index (χ3n) is 3.10. The molecule has 0 aromatic carbocycles. The van der Waals surface area contributed by atoms with Gasteiger partial charge in [0.2, 0.25) is 0 Å². The van der Waals surface area contributed by atoms with Gasteiger partial charge < -0.3 is 23.7 Å². The molecule has 1 heterocycles. The van der Waals surface area contributed by atoms with Crippen LogP contribution in [0.25, 0.3) is 0 Å². The Balaban J connectivity index is 2.84. The smallest absolute Gasteiger partial charge is 0.303 e. The first-order valence-corrected chi connectivity index (χ1v) is 7.60. The molecule has 0 saturated carbocycles. The summed E-state index contributed by atoms with van der Waals surface area (Å²) >= 11 is 0. The quantitative estimate of drug-likeness (QED) is 0.368. The summed E-state index contributed by atoms with van der Waals surface area (Å²) in [5.74, 6) is -1.60. The van der Waals surface area contributed by atoms with Gasteiger partial charge in [0.1, 0.15) is 12.7 Å². The van der Waals surface area contributed by atoms with Crippen LogP contribution < -0.4 is 0 Å². The topological polar surface area (TPSA) is 97.4 Å². The highest BCUT2D eigenvalue weighted by molar-refractivity contribution is 5.67. The highest BCUT2D eigenvalue weighted by Crippen LogP contribution is 2.28. The summed E-state index contributed by atoms with van der Waals surface area (Å²) in [5.41, 5.74) is 0. The van der Waals surface area contributed by atoms with E-state index >= 15 is 0 Å². The zero-order valence-corrected chi connectivity index (χ0v) is 13.9. The first-order chi connectivity index (χ1) is 10.8. The summed E-state index contributed by atoms with van der Waals surface area (Å²) in [6.07, 6.45) is -1.72. The van der Waals surface area contributed by atoms with Gasteiger partial charge in [-0.2, -0.15) is 0 Å². The second-order valence-corrected chi connectivity index (χ2v) is 5.22. The highest BCUT2D eigenvalue weighted by Gasteiger charge is 2.50. The fourth-order valence-corrected chi connectivity index (χ4v) is 2.15. The molecule has 4 atom stereocenters. The molecule has 1 rings (SSSR count). The predicted octanol–water partition coefficient (Wildman–Crippen LogP) is 0.954. The number of hydrogen-bond acceptors (Lipinski definition) is 8. The van der Waals surface area contributed by atoms with E-state index in [1.807, 2.05) is 6.92 Å². The van der Waals surface area contributed by atoms with Gasteiger partial charge in [0.25, 0.3) is 0 Å². The fourth-order valence-electron chi connectivity index (χ4n) is 2.15. The summed E-state index contributed by atoms with van der Waals surface area (Å²) in [5, 5.41) is 0. The Hall–Kier alpha value is -1.67. The van der Waals surface area contributed by atoms with Gasteiger partial charge in [-0.15, -0.1) is 0 Å². The van der Waals surface area contributed by atoms with Gasteiger partial charge in [0.15, 0.2) is 18.5 Å². The van der Waals surface area contributed by atoms with Crippen molar-refractivity contribution in [1.29, 1.82) is 0 Å². The molecular weight excluding hydrogens is 308 g/mol. The molecule has 1 aliphatic rings. The monoisotopic (exact) mass is 332 g/mol. The molecule has 8 heteroatoms. The van der Waals surface area contributed by atoms with Crippen LogP contribution in [0.2, 0.25) is 0 Å². The van der Waals surface area contributed by atoms with Crippen LogP contribution in [-0.2, 0) is 38.1 Å². The van der Waals surface area contributed by atoms with Crippen molar-refractivity contribution >= 4 is 17.9 Å². The molecule has 8 nitrogen and oxygen atoms in total. The van der Waals surface area contributed by atoms with E-state index in [4.69, 9.17) is 23.7 Å². The van der Waals surface area contributed by atoms with E-state index in [9.17, 15) is 14.4 Å². The van der Waals surface area contributed by atoms with Crippen molar-refractivity contribution in [3.05, 3.63) is 0 Å². The standard InChI is InChI=1S/C15H24O8/c1-5-6-7-19-15-14(22-11(4)18)13(21-10(3)17)12(23-15)8-20-9(2)16/h12-15H,5-8H2,1-4H3. The van der Waals surface area contributed by atoms with Gasteiger partial charge in [-0.1, -0.05) is 13.3 Å². The Morgan fingerprint density at radius 2 is 1.57 bits per heavy atom. The van der Waals surface area contributed by atoms with E-state index in [1.54, 1.807) is 0 Å². The first kappa shape index (κ1) is 19.4. The summed E-state index contributed by atoms with van der Waals surface area (Å²) < 4.78 is 26.5. The first-order valence-electron chi connectivity index (χ1n) is 7.60. The molecule has 0 spiro atoms. The van der Waals surface area contributed by atoms with Crippen molar-refractivity contribution < 1.29 is 38.1 Å². The summed E-state index contributed by atoms with van der Waals surface area (Å²) in [6, 6.07) is 0. The molecule has 132 valence electrons. The van der Waals surface area contributed by atoms with Gasteiger partial charge >= 0.3 is 17.9 Å². The molecule has 4 unspecified atom stereocenters. The van der Waals surface area contributed by atoms with E-state index in [0.29, 0.717) is 6.61 Å². The molecule has 0 N–H and O–H groups in total. The molecule has 1 fully saturated rings. The minimum absolute atomic E-state index is 0.126. The van der Waals surface area contributed by atoms with Gasteiger partial charge in [-0.3, -0.25) is 14.4 Å². The van der Waals surface area contributed by atoms with Crippen molar-refractivity contribution in [2.24, 2.45) is 0 Å². The van der Waals surface area contributed by atoms with Crippen LogP contribution in [0.5, 0.6) is 0 Å². The van der Waals surface area contributed by atoms with Gasteiger partial charge in [0.05, 0.1) is 0 Å². The highest BCUT2D eigenvalue weighted by atomic mass is 16.7. The molecule has 1 saturated heterocycles. The number of unbranched alkanes of at least 4 members (excludes halogenated alkanes) is 1. The Morgan fingerprint density at radius 3 is 2.09 bits per heavy atom. The fraction of sp³-hybridized carbons (Fsp3) is 0.800. The Kier molecular flexibility index (Phi) is 7.97. The summed E-state index contributed by atoms with van der Waals surface area (Å²) in [6.45, 7) is 6.03. The molecular formula is C15H24O8. The molecule has 0 amide bonds. The van der Waals surface area contributed by atoms with Crippen molar-refractivity contribution in [3.63, 3.8) is 0 Å². The zero-order valence-electron chi connectivity index (χ0n) is 13.9. The SMILES string of the molecule is CCCCOC1OC(COC(C)=O)C(OC(C)=O)C1OC(C)=O. The Bertz CT molecular complexity index is 422. The molecule has 23 heavy (non-hydrogen) atoms. The largest absolute Gasteiger partial charge is 0.463 e. The average molecular weight is 332 g/mol. The number of esters is 3. The number of ether oxygens (including phenoxy) is 5. The lowest BCUT2D eigenvalue weighted by Crippen LogP contribution is -2.41. The zero-order chi connectivity index (χ0) is 17.4. The third-order valence-corrected chi connectivity index (χ3v) is 3.10. The lowest BCUT2D eigenvalue weighted by Gasteiger charge is -2.23. The van der Waals surface area contributed by atoms with Gasteiger partial charge in [-0.25, -0.2) is 0 Å². The normalized spacial score (nSPS) is 26.6. The van der Waals surface area contributed by atoms with E-state index in [-0.39, 0.29) is 6.61 Å². The van der Waals surface area contributed by atoms with Crippen molar-refractivity contribution in [2.45, 2.75) is 65.1 Å². The van der Waals surface area contributed by atoms with Crippen LogP contribution in [0.4, 0.5) is 0 Å². The minimum Gasteiger partial charge on any atom is -0.463 e. The van der Waals surface area contributed by atoms with Crippen LogP contribution in [0, 0.1) is 0 Å². The third kappa shape index (κ3) is 6.54. The molecule has 0 aromatic rings. The maximum absolute atomic E-state index is 11.3. The second kappa shape index (κ2) is 9.46. The number of carbonyl (C=O) groups excluding carboxylic acids is 3. The average Bonchev–Trinajstić information content (AvgIpc) is 2.74. The van der Waals surface area contributed by atoms with Gasteiger partial charge in [-0.05, 0) is 6.42 Å². The minimum atomic E-state index is -0.909. The lowest BCUT2D eigenvalue weighted by atomic mass is 10.1. The van der Waals surface area contributed by atoms with Crippen LogP contribution >= 0.6 is 0 Å². The maximum Gasteiger partial charge on any atom is 0.303 e. The van der Waals surface area contributed by atoms with E-state index in [0.717, 1.165) is 12.8 Å². The van der Waals surface area contributed by atoms with Crippen LogP contribution in [-0.4, -0.2) is 55.7 Å². The summed E-state index contributed by atoms with van der Waals surface area (Å²) in [4.78, 5) is 33.6. The molecule has 0 radical (unpaired) electrons. The number of rotatable bonds is 8. The van der Waals surface area contributed by atoms with E-state index < -0.39 is 42.5 Å². The van der Waals surface area contributed by atoms with Crippen LogP contribution in [0.1, 0.15) is 40.5 Å². The molecule has 0 bridgehead atoms. The second-order valence-electron chi connectivity index (χ2n) is 5.22.